The summed E-state index contributed by atoms with van der Waals surface area (Å²) < 4.78 is 19.9. The molecule has 6 heteroatoms. The van der Waals surface area contributed by atoms with Gasteiger partial charge in [-0.15, -0.1) is 0 Å². The number of thiazole rings is 1. The van der Waals surface area contributed by atoms with Gasteiger partial charge in [0.2, 0.25) is 0 Å². The van der Waals surface area contributed by atoms with Crippen molar-refractivity contribution in [2.75, 3.05) is 18.0 Å². The molecule has 0 saturated carbocycles. The van der Waals surface area contributed by atoms with Gasteiger partial charge in [-0.3, -0.25) is 0 Å². The SMILES string of the molecule is O=S(O)c1cnc(N2CCCC2)s1. The first-order valence-corrected chi connectivity index (χ1v) is 6.01. The van der Waals surface area contributed by atoms with Crippen molar-refractivity contribution in [3.63, 3.8) is 0 Å². The van der Waals surface area contributed by atoms with Crippen molar-refractivity contribution in [1.29, 1.82) is 0 Å². The minimum Gasteiger partial charge on any atom is -0.348 e. The highest BCUT2D eigenvalue weighted by molar-refractivity contribution is 7.81. The number of anilines is 1. The van der Waals surface area contributed by atoms with Crippen LogP contribution in [0.2, 0.25) is 0 Å². The van der Waals surface area contributed by atoms with Crippen LogP contribution in [0.1, 0.15) is 12.8 Å². The molecule has 0 bridgehead atoms. The monoisotopic (exact) mass is 218 g/mol. The van der Waals surface area contributed by atoms with Gasteiger partial charge < -0.3 is 9.45 Å². The molecule has 0 aromatic carbocycles. The maximum absolute atomic E-state index is 10.7. The van der Waals surface area contributed by atoms with Crippen molar-refractivity contribution in [3.05, 3.63) is 6.20 Å². The lowest BCUT2D eigenvalue weighted by Gasteiger charge is -2.11. The normalized spacial score (nSPS) is 19.3. The fraction of sp³-hybridized carbons (Fsp3) is 0.571. The van der Waals surface area contributed by atoms with E-state index in [1.165, 1.54) is 30.4 Å². The smallest absolute Gasteiger partial charge is 0.198 e. The molecule has 13 heavy (non-hydrogen) atoms. The van der Waals surface area contributed by atoms with E-state index in [9.17, 15) is 4.21 Å². The second kappa shape index (κ2) is 3.73. The van der Waals surface area contributed by atoms with Crippen LogP contribution < -0.4 is 4.90 Å². The topological polar surface area (TPSA) is 53.4 Å². The number of nitrogens with zero attached hydrogens (tertiary/aromatic N) is 2. The van der Waals surface area contributed by atoms with E-state index in [1.54, 1.807) is 0 Å². The summed E-state index contributed by atoms with van der Waals surface area (Å²) in [5.74, 6) is 0. The van der Waals surface area contributed by atoms with E-state index in [1.807, 2.05) is 0 Å². The third-order valence-corrected chi connectivity index (χ3v) is 4.00. The fourth-order valence-corrected chi connectivity index (χ4v) is 2.74. The van der Waals surface area contributed by atoms with Gasteiger partial charge >= 0.3 is 0 Å². The van der Waals surface area contributed by atoms with Crippen LogP contribution in [-0.2, 0) is 11.1 Å². The fourth-order valence-electron chi connectivity index (χ4n) is 1.39. The standard InChI is InChI=1S/C7H10N2O2S2/c10-13(11)6-5-8-7(12-6)9-3-1-2-4-9/h5H,1-4H2,(H,10,11). The van der Waals surface area contributed by atoms with Crippen molar-refractivity contribution in [1.82, 2.24) is 4.98 Å². The number of rotatable bonds is 2. The molecule has 1 aliphatic rings. The quantitative estimate of drug-likeness (QED) is 0.761. The summed E-state index contributed by atoms with van der Waals surface area (Å²) in [4.78, 5) is 6.26. The zero-order valence-electron chi connectivity index (χ0n) is 6.97. The molecule has 0 spiro atoms. The van der Waals surface area contributed by atoms with Crippen molar-refractivity contribution < 1.29 is 8.76 Å². The summed E-state index contributed by atoms with van der Waals surface area (Å²) in [5.41, 5.74) is 0. The lowest BCUT2D eigenvalue weighted by atomic mass is 10.4. The lowest BCUT2D eigenvalue weighted by molar-refractivity contribution is 0.566. The molecule has 4 nitrogen and oxygen atoms in total. The highest BCUT2D eigenvalue weighted by Crippen LogP contribution is 2.26. The Balaban J connectivity index is 2.16. The molecule has 1 fully saturated rings. The average molecular weight is 218 g/mol. The summed E-state index contributed by atoms with van der Waals surface area (Å²) in [6.45, 7) is 2.04. The van der Waals surface area contributed by atoms with Crippen LogP contribution in [0.5, 0.6) is 0 Å². The Hall–Kier alpha value is -0.460. The zero-order valence-corrected chi connectivity index (χ0v) is 8.61. The minimum atomic E-state index is -1.88. The average Bonchev–Trinajstić information content (AvgIpc) is 2.75. The number of hydrogen-bond acceptors (Lipinski definition) is 4. The first kappa shape index (κ1) is 9.11. The van der Waals surface area contributed by atoms with Gasteiger partial charge in [-0.2, -0.15) is 0 Å². The molecule has 1 unspecified atom stereocenters. The molecule has 1 saturated heterocycles. The van der Waals surface area contributed by atoms with E-state index in [2.05, 4.69) is 9.88 Å². The van der Waals surface area contributed by atoms with Crippen molar-refractivity contribution >= 4 is 27.5 Å². The second-order valence-corrected chi connectivity index (χ2v) is 5.11. The third kappa shape index (κ3) is 1.90. The number of aromatic nitrogens is 1. The molecule has 1 aromatic rings. The zero-order chi connectivity index (χ0) is 9.26. The molecule has 0 radical (unpaired) electrons. The van der Waals surface area contributed by atoms with E-state index in [0.29, 0.717) is 4.21 Å². The van der Waals surface area contributed by atoms with Crippen LogP contribution in [0.15, 0.2) is 10.4 Å². The van der Waals surface area contributed by atoms with Gasteiger partial charge in [-0.05, 0) is 12.8 Å². The Bertz CT molecular complexity index is 320. The molecule has 0 aliphatic carbocycles. The molecule has 72 valence electrons. The minimum absolute atomic E-state index is 0.432. The summed E-state index contributed by atoms with van der Waals surface area (Å²) in [7, 11) is 0. The van der Waals surface area contributed by atoms with E-state index in [4.69, 9.17) is 4.55 Å². The molecule has 0 amide bonds. The van der Waals surface area contributed by atoms with Crippen LogP contribution in [0, 0.1) is 0 Å². The van der Waals surface area contributed by atoms with Crippen molar-refractivity contribution in [2.45, 2.75) is 17.1 Å². The Morgan fingerprint density at radius 1 is 1.54 bits per heavy atom. The van der Waals surface area contributed by atoms with E-state index in [0.717, 1.165) is 18.2 Å². The highest BCUT2D eigenvalue weighted by Gasteiger charge is 2.16. The molecular formula is C7H10N2O2S2. The van der Waals surface area contributed by atoms with Gasteiger partial charge in [0.05, 0.1) is 6.20 Å². The first-order chi connectivity index (χ1) is 6.27. The van der Waals surface area contributed by atoms with Gasteiger partial charge in [0, 0.05) is 13.1 Å². The largest absolute Gasteiger partial charge is 0.348 e. The van der Waals surface area contributed by atoms with Crippen molar-refractivity contribution in [2.24, 2.45) is 0 Å². The lowest BCUT2D eigenvalue weighted by Crippen LogP contribution is -2.16. The van der Waals surface area contributed by atoms with Crippen LogP contribution in [0.4, 0.5) is 5.13 Å². The van der Waals surface area contributed by atoms with Crippen LogP contribution >= 0.6 is 11.3 Å². The Kier molecular flexibility index (Phi) is 2.61. The number of hydrogen-bond donors (Lipinski definition) is 1. The third-order valence-electron chi connectivity index (χ3n) is 2.02. The van der Waals surface area contributed by atoms with Crippen LogP contribution in [-0.4, -0.2) is 26.8 Å². The van der Waals surface area contributed by atoms with E-state index >= 15 is 0 Å². The summed E-state index contributed by atoms with van der Waals surface area (Å²) in [6.07, 6.45) is 3.86. The molecule has 1 N–H and O–H groups in total. The van der Waals surface area contributed by atoms with E-state index in [-0.39, 0.29) is 0 Å². The van der Waals surface area contributed by atoms with Crippen LogP contribution in [0.3, 0.4) is 0 Å². The van der Waals surface area contributed by atoms with Gasteiger partial charge in [-0.25, -0.2) is 9.19 Å². The molecule has 2 rings (SSSR count). The van der Waals surface area contributed by atoms with E-state index < -0.39 is 11.1 Å². The Labute approximate surface area is 82.9 Å². The predicted molar refractivity (Wildman–Crippen MR) is 52.6 cm³/mol. The van der Waals surface area contributed by atoms with Gasteiger partial charge in [0.1, 0.15) is 4.21 Å². The van der Waals surface area contributed by atoms with Gasteiger partial charge in [-0.1, -0.05) is 11.3 Å². The van der Waals surface area contributed by atoms with Gasteiger partial charge in [0.25, 0.3) is 0 Å². The molecule has 1 aliphatic heterocycles. The second-order valence-electron chi connectivity index (χ2n) is 2.91. The molecular weight excluding hydrogens is 208 g/mol. The molecule has 1 aromatic heterocycles. The Morgan fingerprint density at radius 3 is 2.77 bits per heavy atom. The summed E-state index contributed by atoms with van der Waals surface area (Å²) >= 11 is -0.576. The van der Waals surface area contributed by atoms with Crippen molar-refractivity contribution in [3.8, 4) is 0 Å². The highest BCUT2D eigenvalue weighted by atomic mass is 32.2. The van der Waals surface area contributed by atoms with Gasteiger partial charge in [0.15, 0.2) is 16.2 Å². The Morgan fingerprint density at radius 2 is 2.23 bits per heavy atom. The predicted octanol–water partition coefficient (Wildman–Crippen LogP) is 1.32. The molecule has 2 heterocycles. The maximum atomic E-state index is 10.7. The first-order valence-electron chi connectivity index (χ1n) is 4.09. The maximum Gasteiger partial charge on any atom is 0.198 e. The van der Waals surface area contributed by atoms with Crippen LogP contribution in [0.25, 0.3) is 0 Å². The summed E-state index contributed by atoms with van der Waals surface area (Å²) in [6, 6.07) is 0. The molecule has 1 atom stereocenters. The summed E-state index contributed by atoms with van der Waals surface area (Å²) in [5, 5.41) is 0.870.